The van der Waals surface area contributed by atoms with Gasteiger partial charge in [-0.25, -0.2) is 0 Å². The van der Waals surface area contributed by atoms with Crippen molar-refractivity contribution in [3.63, 3.8) is 0 Å². The van der Waals surface area contributed by atoms with Crippen molar-refractivity contribution in [2.75, 3.05) is 6.54 Å². The van der Waals surface area contributed by atoms with Crippen LogP contribution in [0.25, 0.3) is 0 Å². The molecular formula is C17H31NO2. The van der Waals surface area contributed by atoms with Crippen molar-refractivity contribution in [2.24, 2.45) is 28.3 Å². The normalized spacial score (nSPS) is 37.1. The standard InChI is InChI=1S/C17H31NO2/c1-13(2)6-3-4-7-14-9-10-15-16(19)8-5-11-17(14,15)12-18-20/h13-16,19H,3-12H2,1-2H3/t14?,15-,16-,17-/m0/s1. The van der Waals surface area contributed by atoms with Gasteiger partial charge in [0.2, 0.25) is 0 Å². The molecule has 0 heterocycles. The van der Waals surface area contributed by atoms with Gasteiger partial charge in [-0.2, -0.15) is 4.91 Å². The van der Waals surface area contributed by atoms with Gasteiger partial charge in [-0.05, 0) is 49.9 Å². The number of fused-ring (bicyclic) bond motifs is 1. The van der Waals surface area contributed by atoms with Gasteiger partial charge in [0.05, 0.1) is 12.6 Å². The molecule has 0 saturated heterocycles. The van der Waals surface area contributed by atoms with E-state index >= 15 is 0 Å². The third-order valence-corrected chi connectivity index (χ3v) is 5.93. The van der Waals surface area contributed by atoms with Crippen molar-refractivity contribution in [3.05, 3.63) is 4.91 Å². The fraction of sp³-hybridized carbons (Fsp3) is 1.00. The van der Waals surface area contributed by atoms with Crippen LogP contribution in [0.15, 0.2) is 5.18 Å². The fourth-order valence-corrected chi connectivity index (χ4v) is 4.89. The summed E-state index contributed by atoms with van der Waals surface area (Å²) >= 11 is 0. The van der Waals surface area contributed by atoms with Crippen molar-refractivity contribution in [2.45, 2.75) is 77.7 Å². The van der Waals surface area contributed by atoms with Crippen LogP contribution in [0.1, 0.15) is 71.6 Å². The Labute approximate surface area is 123 Å². The van der Waals surface area contributed by atoms with Crippen LogP contribution in [0, 0.1) is 28.1 Å². The number of unbranched alkanes of at least 4 members (excludes halogenated alkanes) is 1. The van der Waals surface area contributed by atoms with Gasteiger partial charge in [0.15, 0.2) is 0 Å². The molecule has 2 rings (SSSR count). The van der Waals surface area contributed by atoms with Gasteiger partial charge in [0.1, 0.15) is 0 Å². The lowest BCUT2D eigenvalue weighted by Gasteiger charge is -2.44. The van der Waals surface area contributed by atoms with E-state index in [0.717, 1.165) is 31.6 Å². The second kappa shape index (κ2) is 7.02. The first-order valence-electron chi connectivity index (χ1n) is 8.57. The summed E-state index contributed by atoms with van der Waals surface area (Å²) in [6.45, 7) is 4.99. The summed E-state index contributed by atoms with van der Waals surface area (Å²) in [4.78, 5) is 11.0. The maximum absolute atomic E-state index is 11.0. The minimum atomic E-state index is -0.189. The number of rotatable bonds is 7. The molecule has 0 aromatic carbocycles. The molecule has 1 N–H and O–H groups in total. The van der Waals surface area contributed by atoms with E-state index in [-0.39, 0.29) is 11.5 Å². The highest BCUT2D eigenvalue weighted by Crippen LogP contribution is 2.57. The number of hydrogen-bond acceptors (Lipinski definition) is 3. The van der Waals surface area contributed by atoms with Crippen molar-refractivity contribution in [1.29, 1.82) is 0 Å². The number of nitrogens with zero attached hydrogens (tertiary/aromatic N) is 1. The summed E-state index contributed by atoms with van der Waals surface area (Å²) in [7, 11) is 0. The predicted octanol–water partition coefficient (Wildman–Crippen LogP) is 4.53. The number of nitroso groups, excluding NO2 is 1. The van der Waals surface area contributed by atoms with Crippen molar-refractivity contribution in [1.82, 2.24) is 0 Å². The fourth-order valence-electron chi connectivity index (χ4n) is 4.89. The maximum Gasteiger partial charge on any atom is 0.0873 e. The van der Waals surface area contributed by atoms with Crippen LogP contribution in [0.5, 0.6) is 0 Å². The van der Waals surface area contributed by atoms with E-state index in [1.807, 2.05) is 0 Å². The molecule has 3 heteroatoms. The minimum Gasteiger partial charge on any atom is -0.393 e. The highest BCUT2D eigenvalue weighted by atomic mass is 16.3. The Bertz CT molecular complexity index is 318. The van der Waals surface area contributed by atoms with Crippen LogP contribution in [-0.2, 0) is 0 Å². The molecule has 1 unspecified atom stereocenters. The summed E-state index contributed by atoms with van der Waals surface area (Å²) in [5.74, 6) is 1.74. The van der Waals surface area contributed by atoms with Crippen molar-refractivity contribution in [3.8, 4) is 0 Å². The van der Waals surface area contributed by atoms with Gasteiger partial charge < -0.3 is 5.11 Å². The van der Waals surface area contributed by atoms with Crippen LogP contribution in [0.3, 0.4) is 0 Å². The molecule has 2 aliphatic rings. The second-order valence-corrected chi connectivity index (χ2v) is 7.54. The summed E-state index contributed by atoms with van der Waals surface area (Å²) in [5, 5.41) is 13.6. The molecule has 2 saturated carbocycles. The van der Waals surface area contributed by atoms with E-state index < -0.39 is 0 Å². The maximum atomic E-state index is 11.0. The molecule has 116 valence electrons. The zero-order valence-electron chi connectivity index (χ0n) is 13.2. The molecule has 0 spiro atoms. The Hall–Kier alpha value is -0.440. The van der Waals surface area contributed by atoms with Crippen LogP contribution in [-0.4, -0.2) is 17.8 Å². The minimum absolute atomic E-state index is 0.0389. The van der Waals surface area contributed by atoms with E-state index in [9.17, 15) is 10.0 Å². The first-order chi connectivity index (χ1) is 9.60. The molecule has 20 heavy (non-hydrogen) atoms. The summed E-state index contributed by atoms with van der Waals surface area (Å²) in [6, 6.07) is 0. The highest BCUT2D eigenvalue weighted by molar-refractivity contribution is 5.03. The van der Waals surface area contributed by atoms with E-state index in [1.165, 1.54) is 32.1 Å². The Morgan fingerprint density at radius 1 is 1.25 bits per heavy atom. The number of aliphatic hydroxyl groups excluding tert-OH is 1. The van der Waals surface area contributed by atoms with E-state index in [1.54, 1.807) is 0 Å². The average molecular weight is 281 g/mol. The zero-order valence-corrected chi connectivity index (χ0v) is 13.2. The lowest BCUT2D eigenvalue weighted by molar-refractivity contribution is -0.0244. The highest BCUT2D eigenvalue weighted by Gasteiger charge is 2.53. The number of hydrogen-bond donors (Lipinski definition) is 1. The van der Waals surface area contributed by atoms with Crippen molar-refractivity contribution < 1.29 is 5.11 Å². The molecule has 3 nitrogen and oxygen atoms in total. The Kier molecular flexibility index (Phi) is 5.59. The van der Waals surface area contributed by atoms with Gasteiger partial charge in [-0.15, -0.1) is 0 Å². The Morgan fingerprint density at radius 3 is 2.75 bits per heavy atom. The first kappa shape index (κ1) is 15.9. The molecule has 2 aliphatic carbocycles. The SMILES string of the molecule is CC(C)CCCCC1CC[C@H]2[C@@H](O)CCC[C@]12CN=O. The van der Waals surface area contributed by atoms with Crippen LogP contribution < -0.4 is 0 Å². The Morgan fingerprint density at radius 2 is 2.05 bits per heavy atom. The van der Waals surface area contributed by atoms with Crippen LogP contribution >= 0.6 is 0 Å². The van der Waals surface area contributed by atoms with E-state index in [2.05, 4.69) is 19.0 Å². The van der Waals surface area contributed by atoms with Crippen molar-refractivity contribution >= 4 is 0 Å². The molecule has 0 aromatic rings. The lowest BCUT2D eigenvalue weighted by atomic mass is 9.62. The monoisotopic (exact) mass is 281 g/mol. The molecule has 0 aliphatic heterocycles. The average Bonchev–Trinajstić information content (AvgIpc) is 2.75. The lowest BCUT2D eigenvalue weighted by Crippen LogP contribution is -2.44. The molecular weight excluding hydrogens is 250 g/mol. The largest absolute Gasteiger partial charge is 0.393 e. The third kappa shape index (κ3) is 3.24. The first-order valence-corrected chi connectivity index (χ1v) is 8.57. The second-order valence-electron chi connectivity index (χ2n) is 7.54. The molecule has 0 amide bonds. The quantitative estimate of drug-likeness (QED) is 0.550. The van der Waals surface area contributed by atoms with Gasteiger partial charge in [0.25, 0.3) is 0 Å². The van der Waals surface area contributed by atoms with Gasteiger partial charge in [-0.3, -0.25) is 0 Å². The summed E-state index contributed by atoms with van der Waals surface area (Å²) in [5.41, 5.74) is 0.0389. The topological polar surface area (TPSA) is 49.7 Å². The van der Waals surface area contributed by atoms with E-state index in [4.69, 9.17) is 0 Å². The predicted molar refractivity (Wildman–Crippen MR) is 82.5 cm³/mol. The smallest absolute Gasteiger partial charge is 0.0873 e. The van der Waals surface area contributed by atoms with Gasteiger partial charge in [-0.1, -0.05) is 44.7 Å². The number of aliphatic hydroxyl groups is 1. The van der Waals surface area contributed by atoms with Gasteiger partial charge >= 0.3 is 0 Å². The molecule has 2 fully saturated rings. The Balaban J connectivity index is 1.95. The molecule has 0 bridgehead atoms. The molecule has 0 radical (unpaired) electrons. The van der Waals surface area contributed by atoms with E-state index in [0.29, 0.717) is 18.4 Å². The molecule has 4 atom stereocenters. The summed E-state index contributed by atoms with van der Waals surface area (Å²) < 4.78 is 0. The zero-order chi connectivity index (χ0) is 14.6. The van der Waals surface area contributed by atoms with Crippen LogP contribution in [0.2, 0.25) is 0 Å². The van der Waals surface area contributed by atoms with Gasteiger partial charge in [0, 0.05) is 5.41 Å². The van der Waals surface area contributed by atoms with Crippen LogP contribution in [0.4, 0.5) is 0 Å². The molecule has 0 aromatic heterocycles. The summed E-state index contributed by atoms with van der Waals surface area (Å²) in [6.07, 6.45) is 10.3. The third-order valence-electron chi connectivity index (χ3n) is 5.93.